The minimum atomic E-state index is -0.236. The number of nitrogens with one attached hydrogen (secondary N) is 2. The molecule has 3 aromatic rings. The van der Waals surface area contributed by atoms with Gasteiger partial charge in [0.25, 0.3) is 11.8 Å². The number of ether oxygens (including phenoxy) is 1. The van der Waals surface area contributed by atoms with Gasteiger partial charge < -0.3 is 15.4 Å². The third-order valence-corrected chi connectivity index (χ3v) is 6.37. The molecule has 1 aromatic heterocycles. The van der Waals surface area contributed by atoms with E-state index in [0.717, 1.165) is 16.9 Å². The molecule has 0 fully saturated rings. The molecule has 0 bridgehead atoms. The van der Waals surface area contributed by atoms with E-state index in [1.807, 2.05) is 17.5 Å². The van der Waals surface area contributed by atoms with Gasteiger partial charge in [0.15, 0.2) is 6.61 Å². The van der Waals surface area contributed by atoms with E-state index in [1.165, 1.54) is 5.56 Å². The highest BCUT2D eigenvalue weighted by Gasteiger charge is 2.22. The molecule has 2 N–H and O–H groups in total. The van der Waals surface area contributed by atoms with E-state index < -0.39 is 0 Å². The molecule has 2 unspecified atom stereocenters. The first kappa shape index (κ1) is 20.2. The van der Waals surface area contributed by atoms with Gasteiger partial charge >= 0.3 is 0 Å². The van der Waals surface area contributed by atoms with Gasteiger partial charge in [-0.2, -0.15) is 0 Å². The summed E-state index contributed by atoms with van der Waals surface area (Å²) in [5.74, 6) is 0.624. The summed E-state index contributed by atoms with van der Waals surface area (Å²) in [5, 5.41) is 7.91. The molecule has 30 heavy (non-hydrogen) atoms. The average Bonchev–Trinajstić information content (AvgIpc) is 3.31. The van der Waals surface area contributed by atoms with Gasteiger partial charge in [0.05, 0.1) is 11.7 Å². The lowest BCUT2D eigenvalue weighted by atomic mass is 9.95. The Kier molecular flexibility index (Phi) is 5.86. The first-order chi connectivity index (χ1) is 14.5. The van der Waals surface area contributed by atoms with E-state index >= 15 is 0 Å². The molecule has 0 radical (unpaired) electrons. The zero-order valence-corrected chi connectivity index (χ0v) is 17.8. The minimum absolute atomic E-state index is 0.0432. The summed E-state index contributed by atoms with van der Waals surface area (Å²) >= 11 is 1.61. The van der Waals surface area contributed by atoms with E-state index in [-0.39, 0.29) is 24.5 Å². The molecule has 5 nitrogen and oxygen atoms in total. The van der Waals surface area contributed by atoms with Crippen molar-refractivity contribution in [1.29, 1.82) is 0 Å². The van der Waals surface area contributed by atoms with Crippen molar-refractivity contribution in [3.63, 3.8) is 0 Å². The lowest BCUT2D eigenvalue weighted by Gasteiger charge is -2.21. The standard InChI is InChI=1S/C24H24N2O3S/c1-3-15(2)16-6-8-17(9-7-16)23(21-5-4-12-30-21)26-24(28)18-10-11-19-20(13-18)29-14-22(27)25-19/h4-13,15,23H,3,14H2,1-2H3,(H,25,27)(H,26,28). The van der Waals surface area contributed by atoms with Crippen molar-refractivity contribution < 1.29 is 14.3 Å². The fourth-order valence-electron chi connectivity index (χ4n) is 3.46. The van der Waals surface area contributed by atoms with Gasteiger partial charge in [0.1, 0.15) is 5.75 Å². The summed E-state index contributed by atoms with van der Waals surface area (Å²) < 4.78 is 5.44. The van der Waals surface area contributed by atoms with Crippen LogP contribution in [0.25, 0.3) is 0 Å². The number of rotatable bonds is 6. The number of fused-ring (bicyclic) bond motifs is 1. The zero-order chi connectivity index (χ0) is 21.1. The largest absolute Gasteiger partial charge is 0.482 e. The monoisotopic (exact) mass is 420 g/mol. The van der Waals surface area contributed by atoms with Crippen molar-refractivity contribution in [1.82, 2.24) is 5.32 Å². The van der Waals surface area contributed by atoms with Crippen molar-refractivity contribution >= 4 is 28.8 Å². The molecule has 0 saturated carbocycles. The minimum Gasteiger partial charge on any atom is -0.482 e. The molecule has 0 spiro atoms. The molecule has 2 amide bonds. The maximum absolute atomic E-state index is 13.0. The lowest BCUT2D eigenvalue weighted by Crippen LogP contribution is -2.29. The second kappa shape index (κ2) is 8.71. The summed E-state index contributed by atoms with van der Waals surface area (Å²) in [6.07, 6.45) is 1.09. The second-order valence-corrected chi connectivity index (χ2v) is 8.42. The Balaban J connectivity index is 1.58. The maximum Gasteiger partial charge on any atom is 0.262 e. The predicted molar refractivity (Wildman–Crippen MR) is 119 cm³/mol. The molecule has 0 saturated heterocycles. The average molecular weight is 421 g/mol. The van der Waals surface area contributed by atoms with E-state index in [1.54, 1.807) is 29.5 Å². The Morgan fingerprint density at radius 1 is 1.17 bits per heavy atom. The van der Waals surface area contributed by atoms with Crippen molar-refractivity contribution in [2.45, 2.75) is 32.2 Å². The van der Waals surface area contributed by atoms with Gasteiger partial charge in [-0.25, -0.2) is 0 Å². The Bertz CT molecular complexity index is 1040. The topological polar surface area (TPSA) is 67.4 Å². The summed E-state index contributed by atoms with van der Waals surface area (Å²) in [5.41, 5.74) is 3.41. The fourth-order valence-corrected chi connectivity index (χ4v) is 4.26. The van der Waals surface area contributed by atoms with Crippen LogP contribution in [0.3, 0.4) is 0 Å². The van der Waals surface area contributed by atoms with Gasteiger partial charge in [-0.1, -0.05) is 44.2 Å². The molecule has 6 heteroatoms. The number of hydrogen-bond acceptors (Lipinski definition) is 4. The molecular weight excluding hydrogens is 396 g/mol. The fraction of sp³-hybridized carbons (Fsp3) is 0.250. The van der Waals surface area contributed by atoms with Gasteiger partial charge in [0.2, 0.25) is 0 Å². The smallest absolute Gasteiger partial charge is 0.262 e. The Labute approximate surface area is 180 Å². The number of amides is 2. The molecule has 4 rings (SSSR count). The van der Waals surface area contributed by atoms with Crippen LogP contribution in [-0.2, 0) is 4.79 Å². The summed E-state index contributed by atoms with van der Waals surface area (Å²) in [4.78, 5) is 25.6. The van der Waals surface area contributed by atoms with Crippen LogP contribution in [0.1, 0.15) is 58.6 Å². The molecule has 1 aliphatic heterocycles. The van der Waals surface area contributed by atoms with Gasteiger partial charge in [-0.05, 0) is 53.1 Å². The number of hydrogen-bond donors (Lipinski definition) is 2. The number of carbonyl (C=O) groups is 2. The molecule has 154 valence electrons. The van der Waals surface area contributed by atoms with Crippen LogP contribution in [0.2, 0.25) is 0 Å². The first-order valence-corrected chi connectivity index (χ1v) is 10.9. The highest BCUT2D eigenvalue weighted by Crippen LogP contribution is 2.31. The Morgan fingerprint density at radius 2 is 1.93 bits per heavy atom. The van der Waals surface area contributed by atoms with Gasteiger partial charge in [-0.3, -0.25) is 9.59 Å². The molecule has 0 aliphatic carbocycles. The third kappa shape index (κ3) is 4.24. The lowest BCUT2D eigenvalue weighted by molar-refractivity contribution is -0.118. The number of carbonyl (C=O) groups excluding carboxylic acids is 2. The molecule has 2 heterocycles. The summed E-state index contributed by atoms with van der Waals surface area (Å²) in [6, 6.07) is 17.3. The maximum atomic E-state index is 13.0. The van der Waals surface area contributed by atoms with Crippen LogP contribution < -0.4 is 15.4 Å². The molecule has 2 aromatic carbocycles. The van der Waals surface area contributed by atoms with Crippen LogP contribution in [-0.4, -0.2) is 18.4 Å². The van der Waals surface area contributed by atoms with Gasteiger partial charge in [-0.15, -0.1) is 11.3 Å². The Morgan fingerprint density at radius 3 is 2.63 bits per heavy atom. The first-order valence-electron chi connectivity index (χ1n) is 10.1. The quantitative estimate of drug-likeness (QED) is 0.582. The zero-order valence-electron chi connectivity index (χ0n) is 17.0. The van der Waals surface area contributed by atoms with Crippen LogP contribution in [0, 0.1) is 0 Å². The molecular formula is C24H24N2O3S. The highest BCUT2D eigenvalue weighted by molar-refractivity contribution is 7.10. The third-order valence-electron chi connectivity index (χ3n) is 5.43. The normalized spacial score (nSPS) is 14.8. The number of anilines is 1. The summed E-state index contributed by atoms with van der Waals surface area (Å²) in [6.45, 7) is 4.35. The van der Waals surface area contributed by atoms with Crippen LogP contribution in [0.4, 0.5) is 5.69 Å². The SMILES string of the molecule is CCC(C)c1ccc(C(NC(=O)c2ccc3c(c2)OCC(=O)N3)c2cccs2)cc1. The molecule has 2 atom stereocenters. The number of thiophene rings is 1. The van der Waals surface area contributed by atoms with Gasteiger partial charge in [0, 0.05) is 10.4 Å². The van der Waals surface area contributed by atoms with E-state index in [2.05, 4.69) is 48.7 Å². The van der Waals surface area contributed by atoms with Crippen LogP contribution in [0.15, 0.2) is 60.0 Å². The van der Waals surface area contributed by atoms with Crippen molar-refractivity contribution in [3.05, 3.63) is 81.5 Å². The molecule has 1 aliphatic rings. The van der Waals surface area contributed by atoms with Crippen molar-refractivity contribution in [2.75, 3.05) is 11.9 Å². The Hall–Kier alpha value is -3.12. The second-order valence-electron chi connectivity index (χ2n) is 7.45. The van der Waals surface area contributed by atoms with E-state index in [4.69, 9.17) is 4.74 Å². The van der Waals surface area contributed by atoms with Crippen molar-refractivity contribution in [2.24, 2.45) is 0 Å². The van der Waals surface area contributed by atoms with E-state index in [0.29, 0.717) is 22.9 Å². The highest BCUT2D eigenvalue weighted by atomic mass is 32.1. The van der Waals surface area contributed by atoms with Crippen LogP contribution in [0.5, 0.6) is 5.75 Å². The van der Waals surface area contributed by atoms with Crippen molar-refractivity contribution in [3.8, 4) is 5.75 Å². The predicted octanol–water partition coefficient (Wildman–Crippen LogP) is 5.11. The summed E-state index contributed by atoms with van der Waals surface area (Å²) in [7, 11) is 0. The number of benzene rings is 2. The van der Waals surface area contributed by atoms with E-state index in [9.17, 15) is 9.59 Å². The van der Waals surface area contributed by atoms with Crippen LogP contribution >= 0.6 is 11.3 Å².